The fourth-order valence-corrected chi connectivity index (χ4v) is 3.51. The van der Waals surface area contributed by atoms with Gasteiger partial charge >= 0.3 is 6.03 Å². The van der Waals surface area contributed by atoms with Gasteiger partial charge in [0.2, 0.25) is 5.91 Å². The molecule has 2 aliphatic rings. The van der Waals surface area contributed by atoms with E-state index >= 15 is 0 Å². The summed E-state index contributed by atoms with van der Waals surface area (Å²) in [7, 11) is 0. The number of urea groups is 1. The highest BCUT2D eigenvalue weighted by molar-refractivity contribution is 6.30. The van der Waals surface area contributed by atoms with Crippen LogP contribution >= 0.6 is 11.6 Å². The van der Waals surface area contributed by atoms with Crippen LogP contribution in [0.3, 0.4) is 0 Å². The molecule has 1 heterocycles. The summed E-state index contributed by atoms with van der Waals surface area (Å²) >= 11 is 6.00. The lowest BCUT2D eigenvalue weighted by atomic mass is 10.1. The minimum Gasteiger partial charge on any atom is -0.339 e. The van der Waals surface area contributed by atoms with Crippen LogP contribution in [0.5, 0.6) is 0 Å². The van der Waals surface area contributed by atoms with Gasteiger partial charge in [-0.1, -0.05) is 11.6 Å². The molecule has 1 aromatic rings. The molecule has 1 saturated heterocycles. The number of rotatable bonds is 4. The lowest BCUT2D eigenvalue weighted by Gasteiger charge is -2.16. The summed E-state index contributed by atoms with van der Waals surface area (Å²) in [5.74, 6) is 0.436. The molecule has 1 aliphatic heterocycles. The predicted octanol–water partition coefficient (Wildman–Crippen LogP) is 3.09. The third-order valence-electron chi connectivity index (χ3n) is 4.51. The van der Waals surface area contributed by atoms with Crippen LogP contribution in [0.15, 0.2) is 12.1 Å². The first kappa shape index (κ1) is 16.1. The Bertz CT molecular complexity index is 620. The van der Waals surface area contributed by atoms with E-state index in [9.17, 15) is 9.59 Å². The van der Waals surface area contributed by atoms with Crippen LogP contribution in [-0.4, -0.2) is 36.0 Å². The number of benzene rings is 1. The highest BCUT2D eigenvalue weighted by Gasteiger charge is 2.39. The Morgan fingerprint density at radius 2 is 1.96 bits per heavy atom. The molecule has 0 spiro atoms. The van der Waals surface area contributed by atoms with Crippen LogP contribution in [-0.2, 0) is 4.79 Å². The van der Waals surface area contributed by atoms with Gasteiger partial charge in [0.05, 0.1) is 0 Å². The molecule has 5 nitrogen and oxygen atoms in total. The van der Waals surface area contributed by atoms with Gasteiger partial charge < -0.3 is 15.5 Å². The van der Waals surface area contributed by atoms with E-state index < -0.39 is 0 Å². The van der Waals surface area contributed by atoms with Crippen LogP contribution in [0.4, 0.5) is 10.5 Å². The standard InChI is InChI=1S/C17H22ClN3O2/c1-10-5-13(18)6-11(2)16(10)20-17(23)19-8-12-7-15(22)21(9-12)14-3-4-14/h5-6,12,14H,3-4,7-9H2,1-2H3,(H2,19,20,23)/t12-/m0/s1. The largest absolute Gasteiger partial charge is 0.339 e. The van der Waals surface area contributed by atoms with Crippen molar-refractivity contribution in [3.05, 3.63) is 28.3 Å². The van der Waals surface area contributed by atoms with Gasteiger partial charge in [-0.2, -0.15) is 0 Å². The normalized spacial score (nSPS) is 20.7. The molecule has 124 valence electrons. The zero-order valence-electron chi connectivity index (χ0n) is 13.5. The quantitative estimate of drug-likeness (QED) is 0.888. The van der Waals surface area contributed by atoms with Gasteiger partial charge in [-0.05, 0) is 49.9 Å². The van der Waals surface area contributed by atoms with E-state index in [4.69, 9.17) is 11.6 Å². The van der Waals surface area contributed by atoms with E-state index in [0.29, 0.717) is 24.0 Å². The molecule has 2 N–H and O–H groups in total. The second-order valence-electron chi connectivity index (χ2n) is 6.60. The summed E-state index contributed by atoms with van der Waals surface area (Å²) in [5.41, 5.74) is 2.65. The fourth-order valence-electron chi connectivity index (χ4n) is 3.19. The minimum atomic E-state index is -0.240. The van der Waals surface area contributed by atoms with Gasteiger partial charge in [-0.25, -0.2) is 4.79 Å². The van der Waals surface area contributed by atoms with Crippen molar-refractivity contribution in [2.75, 3.05) is 18.4 Å². The van der Waals surface area contributed by atoms with Gasteiger partial charge in [-0.15, -0.1) is 0 Å². The maximum atomic E-state index is 12.1. The number of halogens is 1. The van der Waals surface area contributed by atoms with E-state index in [2.05, 4.69) is 10.6 Å². The summed E-state index contributed by atoms with van der Waals surface area (Å²) in [6.45, 7) is 5.12. The van der Waals surface area contributed by atoms with E-state index in [1.54, 1.807) is 0 Å². The number of hydrogen-bond donors (Lipinski definition) is 2. The number of likely N-dealkylation sites (tertiary alicyclic amines) is 1. The van der Waals surface area contributed by atoms with Gasteiger partial charge in [0.1, 0.15) is 0 Å². The van der Waals surface area contributed by atoms with Crippen molar-refractivity contribution in [2.45, 2.75) is 39.2 Å². The predicted molar refractivity (Wildman–Crippen MR) is 90.8 cm³/mol. The number of carbonyl (C=O) groups excluding carboxylic acids is 2. The smallest absolute Gasteiger partial charge is 0.319 e. The number of nitrogens with one attached hydrogen (secondary N) is 2. The van der Waals surface area contributed by atoms with E-state index in [1.807, 2.05) is 30.9 Å². The van der Waals surface area contributed by atoms with Crippen molar-refractivity contribution >= 4 is 29.2 Å². The van der Waals surface area contributed by atoms with Crippen molar-refractivity contribution in [2.24, 2.45) is 5.92 Å². The first-order chi connectivity index (χ1) is 10.9. The summed E-state index contributed by atoms with van der Waals surface area (Å²) in [6.07, 6.45) is 2.79. The third-order valence-corrected chi connectivity index (χ3v) is 4.73. The summed E-state index contributed by atoms with van der Waals surface area (Å²) in [4.78, 5) is 26.0. The number of carbonyl (C=O) groups is 2. The molecule has 0 unspecified atom stereocenters. The summed E-state index contributed by atoms with van der Waals surface area (Å²) in [6, 6.07) is 3.87. The molecule has 23 heavy (non-hydrogen) atoms. The van der Waals surface area contributed by atoms with Crippen LogP contribution in [0.25, 0.3) is 0 Å². The topological polar surface area (TPSA) is 61.4 Å². The maximum Gasteiger partial charge on any atom is 0.319 e. The van der Waals surface area contributed by atoms with Crippen LogP contribution in [0.2, 0.25) is 5.02 Å². The molecule has 2 fully saturated rings. The van der Waals surface area contributed by atoms with Crippen LogP contribution in [0, 0.1) is 19.8 Å². The minimum absolute atomic E-state index is 0.210. The van der Waals surface area contributed by atoms with Crippen molar-refractivity contribution in [1.29, 1.82) is 0 Å². The van der Waals surface area contributed by atoms with E-state index in [1.165, 1.54) is 0 Å². The molecule has 0 bridgehead atoms. The SMILES string of the molecule is Cc1cc(Cl)cc(C)c1NC(=O)NC[C@@H]1CC(=O)N(C2CC2)C1. The second kappa shape index (κ2) is 6.40. The van der Waals surface area contributed by atoms with Crippen LogP contribution in [0.1, 0.15) is 30.4 Å². The molecule has 6 heteroatoms. The third kappa shape index (κ3) is 3.78. The average Bonchev–Trinajstić information content (AvgIpc) is 3.24. The van der Waals surface area contributed by atoms with Crippen molar-refractivity contribution < 1.29 is 9.59 Å². The monoisotopic (exact) mass is 335 g/mol. The molecule has 3 amide bonds. The van der Waals surface area contributed by atoms with Crippen molar-refractivity contribution in [3.63, 3.8) is 0 Å². The van der Waals surface area contributed by atoms with Crippen molar-refractivity contribution in [1.82, 2.24) is 10.2 Å². The molecule has 1 saturated carbocycles. The Morgan fingerprint density at radius 3 is 2.57 bits per heavy atom. The Morgan fingerprint density at radius 1 is 1.30 bits per heavy atom. The van der Waals surface area contributed by atoms with E-state index in [0.717, 1.165) is 36.2 Å². The maximum absolute atomic E-state index is 12.1. The zero-order valence-corrected chi connectivity index (χ0v) is 14.2. The Labute approximate surface area is 141 Å². The van der Waals surface area contributed by atoms with E-state index in [-0.39, 0.29) is 17.9 Å². The molecule has 3 rings (SSSR count). The lowest BCUT2D eigenvalue weighted by molar-refractivity contribution is -0.128. The Balaban J connectivity index is 1.51. The highest BCUT2D eigenvalue weighted by Crippen LogP contribution is 2.32. The number of amides is 3. The first-order valence-corrected chi connectivity index (χ1v) is 8.43. The number of aryl methyl sites for hydroxylation is 2. The molecule has 0 aromatic heterocycles. The number of nitrogens with zero attached hydrogens (tertiary/aromatic N) is 1. The Hall–Kier alpha value is -1.75. The highest BCUT2D eigenvalue weighted by atomic mass is 35.5. The van der Waals surface area contributed by atoms with Gasteiger partial charge in [0.25, 0.3) is 0 Å². The molecule has 1 aromatic carbocycles. The van der Waals surface area contributed by atoms with Gasteiger partial charge in [0.15, 0.2) is 0 Å². The second-order valence-corrected chi connectivity index (χ2v) is 7.03. The molecular formula is C17H22ClN3O2. The van der Waals surface area contributed by atoms with Gasteiger partial charge in [0, 0.05) is 42.2 Å². The van der Waals surface area contributed by atoms with Crippen LogP contribution < -0.4 is 10.6 Å². The molecule has 0 radical (unpaired) electrons. The number of anilines is 1. The summed E-state index contributed by atoms with van der Waals surface area (Å²) < 4.78 is 0. The molecular weight excluding hydrogens is 314 g/mol. The number of hydrogen-bond acceptors (Lipinski definition) is 2. The summed E-state index contributed by atoms with van der Waals surface area (Å²) in [5, 5.41) is 6.42. The lowest BCUT2D eigenvalue weighted by Crippen LogP contribution is -2.34. The average molecular weight is 336 g/mol. The fraction of sp³-hybridized carbons (Fsp3) is 0.529. The van der Waals surface area contributed by atoms with Crippen molar-refractivity contribution in [3.8, 4) is 0 Å². The molecule has 1 atom stereocenters. The van der Waals surface area contributed by atoms with Gasteiger partial charge in [-0.3, -0.25) is 4.79 Å². The zero-order chi connectivity index (χ0) is 16.6. The Kier molecular flexibility index (Phi) is 4.48. The molecule has 1 aliphatic carbocycles. The first-order valence-electron chi connectivity index (χ1n) is 8.05.